The van der Waals surface area contributed by atoms with Crippen molar-refractivity contribution < 1.29 is 14.3 Å². The highest BCUT2D eigenvalue weighted by Crippen LogP contribution is 2.30. The number of nitrogens with one attached hydrogen (secondary N) is 1. The van der Waals surface area contributed by atoms with Gasteiger partial charge in [0.25, 0.3) is 5.91 Å². The Kier molecular flexibility index (Phi) is 7.24. The molecule has 0 atom stereocenters. The molecule has 1 saturated heterocycles. The summed E-state index contributed by atoms with van der Waals surface area (Å²) >= 11 is 0. The molecule has 6 heteroatoms. The number of aromatic nitrogens is 1. The van der Waals surface area contributed by atoms with E-state index in [0.717, 1.165) is 67.7 Å². The Bertz CT molecular complexity index is 1040. The van der Waals surface area contributed by atoms with Gasteiger partial charge < -0.3 is 19.4 Å². The topological polar surface area (TPSA) is 55.7 Å². The monoisotopic (exact) mass is 433 g/mol. The fourth-order valence-corrected chi connectivity index (χ4v) is 4.16. The van der Waals surface area contributed by atoms with Crippen molar-refractivity contribution in [2.24, 2.45) is 0 Å². The Labute approximate surface area is 189 Å². The Morgan fingerprint density at radius 2 is 1.84 bits per heavy atom. The van der Waals surface area contributed by atoms with Crippen LogP contribution in [-0.4, -0.2) is 61.9 Å². The molecule has 2 aromatic carbocycles. The van der Waals surface area contributed by atoms with E-state index in [1.807, 2.05) is 55.5 Å². The summed E-state index contributed by atoms with van der Waals surface area (Å²) < 4.78 is 12.9. The number of ether oxygens (including phenoxy) is 2. The van der Waals surface area contributed by atoms with Crippen LogP contribution in [0.5, 0.6) is 5.75 Å². The molecule has 1 fully saturated rings. The molecule has 1 aliphatic heterocycles. The van der Waals surface area contributed by atoms with Crippen molar-refractivity contribution in [1.82, 2.24) is 14.8 Å². The molecule has 1 aliphatic rings. The number of hydrogen-bond acceptors (Lipinski definition) is 4. The van der Waals surface area contributed by atoms with E-state index in [9.17, 15) is 4.79 Å². The maximum absolute atomic E-state index is 13.1. The standard InChI is InChI=1S/C26H31N3O3/c1-20-24(26(30)27-12-7-13-28-14-16-32-17-15-28)19-25(21-8-4-3-5-9-21)29(20)22-10-6-11-23(18-22)31-2/h3-6,8-11,18-19H,7,12-17H2,1-2H3,(H,27,30). The lowest BCUT2D eigenvalue weighted by Gasteiger charge is -2.26. The molecule has 0 spiro atoms. The van der Waals surface area contributed by atoms with Gasteiger partial charge in [-0.1, -0.05) is 36.4 Å². The highest BCUT2D eigenvalue weighted by atomic mass is 16.5. The van der Waals surface area contributed by atoms with E-state index in [1.54, 1.807) is 7.11 Å². The number of benzene rings is 2. The van der Waals surface area contributed by atoms with Crippen LogP contribution in [0.25, 0.3) is 16.9 Å². The second-order valence-electron chi connectivity index (χ2n) is 8.00. The summed E-state index contributed by atoms with van der Waals surface area (Å²) in [6.07, 6.45) is 0.924. The van der Waals surface area contributed by atoms with Crippen LogP contribution in [0.4, 0.5) is 0 Å². The third kappa shape index (κ3) is 5.03. The zero-order chi connectivity index (χ0) is 22.3. The number of morpholine rings is 1. The first-order valence-electron chi connectivity index (χ1n) is 11.2. The van der Waals surface area contributed by atoms with E-state index in [0.29, 0.717) is 12.1 Å². The molecular weight excluding hydrogens is 402 g/mol. The predicted molar refractivity (Wildman–Crippen MR) is 127 cm³/mol. The molecular formula is C26H31N3O3. The Morgan fingerprint density at radius 1 is 1.06 bits per heavy atom. The molecule has 0 unspecified atom stereocenters. The van der Waals surface area contributed by atoms with E-state index < -0.39 is 0 Å². The summed E-state index contributed by atoms with van der Waals surface area (Å²) in [4.78, 5) is 15.5. The van der Waals surface area contributed by atoms with Crippen molar-refractivity contribution in [1.29, 1.82) is 0 Å². The molecule has 0 aliphatic carbocycles. The number of amides is 1. The van der Waals surface area contributed by atoms with E-state index in [1.165, 1.54) is 0 Å². The fraction of sp³-hybridized carbons (Fsp3) is 0.346. The summed E-state index contributed by atoms with van der Waals surface area (Å²) in [5, 5.41) is 3.11. The minimum absolute atomic E-state index is 0.0386. The van der Waals surface area contributed by atoms with Crippen molar-refractivity contribution in [3.05, 3.63) is 71.9 Å². The lowest BCUT2D eigenvalue weighted by molar-refractivity contribution is 0.0374. The molecule has 6 nitrogen and oxygen atoms in total. The summed E-state index contributed by atoms with van der Waals surface area (Å²) in [6, 6.07) is 20.1. The van der Waals surface area contributed by atoms with Crippen LogP contribution in [0.3, 0.4) is 0 Å². The van der Waals surface area contributed by atoms with E-state index in [4.69, 9.17) is 9.47 Å². The third-order valence-corrected chi connectivity index (χ3v) is 5.91. The number of carbonyl (C=O) groups excluding carboxylic acids is 1. The van der Waals surface area contributed by atoms with Gasteiger partial charge in [-0.15, -0.1) is 0 Å². The Morgan fingerprint density at radius 3 is 2.59 bits per heavy atom. The van der Waals surface area contributed by atoms with Gasteiger partial charge in [0, 0.05) is 37.1 Å². The smallest absolute Gasteiger partial charge is 0.253 e. The van der Waals surface area contributed by atoms with Gasteiger partial charge >= 0.3 is 0 Å². The maximum Gasteiger partial charge on any atom is 0.253 e. The van der Waals surface area contributed by atoms with Gasteiger partial charge in [-0.25, -0.2) is 0 Å². The molecule has 2 heterocycles. The number of nitrogens with zero attached hydrogens (tertiary/aromatic N) is 2. The predicted octanol–water partition coefficient (Wildman–Crippen LogP) is 3.91. The maximum atomic E-state index is 13.1. The second kappa shape index (κ2) is 10.5. The van der Waals surface area contributed by atoms with Gasteiger partial charge in [-0.05, 0) is 43.7 Å². The molecule has 32 heavy (non-hydrogen) atoms. The molecule has 0 bridgehead atoms. The first-order chi connectivity index (χ1) is 15.7. The quantitative estimate of drug-likeness (QED) is 0.547. The lowest BCUT2D eigenvalue weighted by Crippen LogP contribution is -2.38. The normalized spacial score (nSPS) is 14.3. The van der Waals surface area contributed by atoms with Crippen LogP contribution in [0.15, 0.2) is 60.7 Å². The number of carbonyl (C=O) groups is 1. The highest BCUT2D eigenvalue weighted by molar-refractivity contribution is 5.97. The molecule has 4 rings (SSSR count). The minimum atomic E-state index is -0.0386. The zero-order valence-electron chi connectivity index (χ0n) is 18.8. The Hall–Kier alpha value is -3.09. The average molecular weight is 434 g/mol. The van der Waals surface area contributed by atoms with Gasteiger partial charge in [0.2, 0.25) is 0 Å². The Balaban J connectivity index is 1.55. The largest absolute Gasteiger partial charge is 0.497 e. The molecule has 168 valence electrons. The van der Waals surface area contributed by atoms with Gasteiger partial charge in [-0.3, -0.25) is 9.69 Å². The van der Waals surface area contributed by atoms with Crippen LogP contribution >= 0.6 is 0 Å². The fourth-order valence-electron chi connectivity index (χ4n) is 4.16. The van der Waals surface area contributed by atoms with Crippen molar-refractivity contribution in [3.63, 3.8) is 0 Å². The molecule has 0 radical (unpaired) electrons. The molecule has 3 aromatic rings. The number of hydrogen-bond donors (Lipinski definition) is 1. The SMILES string of the molecule is COc1cccc(-n2c(-c3ccccc3)cc(C(=O)NCCCN3CCOCC3)c2C)c1. The first-order valence-corrected chi connectivity index (χ1v) is 11.2. The van der Waals surface area contributed by atoms with Crippen LogP contribution in [0, 0.1) is 6.92 Å². The first kappa shape index (κ1) is 22.1. The molecule has 1 N–H and O–H groups in total. The van der Waals surface area contributed by atoms with Crippen LogP contribution in [0.2, 0.25) is 0 Å². The summed E-state index contributed by atoms with van der Waals surface area (Å²) in [7, 11) is 1.66. The zero-order valence-corrected chi connectivity index (χ0v) is 18.8. The van der Waals surface area contributed by atoms with Gasteiger partial charge in [0.05, 0.1) is 31.6 Å². The lowest BCUT2D eigenvalue weighted by atomic mass is 10.1. The van der Waals surface area contributed by atoms with E-state index in [2.05, 4.69) is 26.9 Å². The third-order valence-electron chi connectivity index (χ3n) is 5.91. The van der Waals surface area contributed by atoms with Crippen LogP contribution < -0.4 is 10.1 Å². The second-order valence-corrected chi connectivity index (χ2v) is 8.00. The van der Waals surface area contributed by atoms with Crippen molar-refractivity contribution in [2.75, 3.05) is 46.5 Å². The highest BCUT2D eigenvalue weighted by Gasteiger charge is 2.20. The molecule has 1 aromatic heterocycles. The van der Waals surface area contributed by atoms with Gasteiger partial charge in [0.15, 0.2) is 0 Å². The summed E-state index contributed by atoms with van der Waals surface area (Å²) in [5.41, 5.74) is 4.60. The van der Waals surface area contributed by atoms with Gasteiger partial charge in [0.1, 0.15) is 5.75 Å². The summed E-state index contributed by atoms with van der Waals surface area (Å²) in [5.74, 6) is 0.743. The van der Waals surface area contributed by atoms with Gasteiger partial charge in [-0.2, -0.15) is 0 Å². The van der Waals surface area contributed by atoms with E-state index in [-0.39, 0.29) is 5.91 Å². The average Bonchev–Trinajstić information content (AvgIpc) is 3.20. The minimum Gasteiger partial charge on any atom is -0.497 e. The number of methoxy groups -OCH3 is 1. The van der Waals surface area contributed by atoms with E-state index >= 15 is 0 Å². The van der Waals surface area contributed by atoms with Crippen LogP contribution in [-0.2, 0) is 4.74 Å². The van der Waals surface area contributed by atoms with Crippen LogP contribution in [0.1, 0.15) is 22.5 Å². The molecule has 1 amide bonds. The van der Waals surface area contributed by atoms with Crippen molar-refractivity contribution >= 4 is 5.91 Å². The molecule has 0 saturated carbocycles. The number of rotatable bonds is 8. The summed E-state index contributed by atoms with van der Waals surface area (Å²) in [6.45, 7) is 7.16. The van der Waals surface area contributed by atoms with Crippen molar-refractivity contribution in [2.45, 2.75) is 13.3 Å². The van der Waals surface area contributed by atoms with Crippen molar-refractivity contribution in [3.8, 4) is 22.7 Å².